The first kappa shape index (κ1) is 15.7. The van der Waals surface area contributed by atoms with Crippen LogP contribution < -0.4 is 10.2 Å². The fourth-order valence-corrected chi connectivity index (χ4v) is 1.66. The summed E-state index contributed by atoms with van der Waals surface area (Å²) in [7, 11) is 3.71. The van der Waals surface area contributed by atoms with Crippen LogP contribution in [0.5, 0.6) is 0 Å². The quantitative estimate of drug-likeness (QED) is 0.688. The summed E-state index contributed by atoms with van der Waals surface area (Å²) in [5, 5.41) is 20.8. The van der Waals surface area contributed by atoms with E-state index in [0.29, 0.717) is 5.69 Å². The predicted octanol–water partition coefficient (Wildman–Crippen LogP) is 1.12. The molecule has 0 aliphatic carbocycles. The van der Waals surface area contributed by atoms with Gasteiger partial charge < -0.3 is 20.4 Å². The maximum atomic E-state index is 11.0. The summed E-state index contributed by atoms with van der Waals surface area (Å²) in [5.74, 6) is -2.15. The third-order valence-electron chi connectivity index (χ3n) is 2.95. The van der Waals surface area contributed by atoms with E-state index in [2.05, 4.69) is 10.3 Å². The maximum Gasteiger partial charge on any atom is 0.308 e. The lowest BCUT2D eigenvalue weighted by atomic mass is 9.99. The van der Waals surface area contributed by atoms with Gasteiger partial charge in [-0.2, -0.15) is 0 Å². The number of nitrogens with zero attached hydrogens (tertiary/aromatic N) is 2. The van der Waals surface area contributed by atoms with E-state index < -0.39 is 23.9 Å². The van der Waals surface area contributed by atoms with Crippen LogP contribution in [0.3, 0.4) is 0 Å². The molecule has 0 saturated heterocycles. The number of carboxylic acid groups (broad SMARTS) is 2. The van der Waals surface area contributed by atoms with Gasteiger partial charge >= 0.3 is 11.9 Å². The summed E-state index contributed by atoms with van der Waals surface area (Å²) in [6, 6.07) is 2.81. The third-order valence-corrected chi connectivity index (χ3v) is 2.95. The first-order valence-electron chi connectivity index (χ1n) is 6.15. The number of rotatable bonds is 7. The summed E-state index contributed by atoms with van der Waals surface area (Å²) in [4.78, 5) is 27.8. The van der Waals surface area contributed by atoms with Crippen LogP contribution >= 0.6 is 0 Å². The zero-order valence-electron chi connectivity index (χ0n) is 11.7. The predicted molar refractivity (Wildman–Crippen MR) is 75.0 cm³/mol. The van der Waals surface area contributed by atoms with Crippen LogP contribution in [-0.2, 0) is 9.59 Å². The number of aromatic nitrogens is 1. The van der Waals surface area contributed by atoms with Crippen molar-refractivity contribution in [1.29, 1.82) is 0 Å². The maximum absolute atomic E-state index is 11.0. The van der Waals surface area contributed by atoms with Crippen molar-refractivity contribution in [3.05, 3.63) is 18.3 Å². The van der Waals surface area contributed by atoms with Crippen molar-refractivity contribution in [2.45, 2.75) is 19.4 Å². The third kappa shape index (κ3) is 4.42. The number of pyridine rings is 1. The van der Waals surface area contributed by atoms with Crippen molar-refractivity contribution in [3.8, 4) is 0 Å². The summed E-state index contributed by atoms with van der Waals surface area (Å²) in [6.45, 7) is 1.48. The Morgan fingerprint density at radius 3 is 2.40 bits per heavy atom. The molecule has 1 aromatic rings. The molecule has 1 aromatic heterocycles. The van der Waals surface area contributed by atoms with Crippen LogP contribution in [0.2, 0.25) is 0 Å². The molecule has 1 rings (SSSR count). The van der Waals surface area contributed by atoms with E-state index in [1.54, 1.807) is 18.3 Å². The average Bonchev–Trinajstić information content (AvgIpc) is 2.37. The van der Waals surface area contributed by atoms with Gasteiger partial charge in [0.2, 0.25) is 0 Å². The second-order valence-electron chi connectivity index (χ2n) is 4.78. The Labute approximate surface area is 117 Å². The van der Waals surface area contributed by atoms with Crippen LogP contribution in [0, 0.1) is 5.92 Å². The second-order valence-corrected chi connectivity index (χ2v) is 4.78. The number of anilines is 2. The second kappa shape index (κ2) is 6.74. The molecule has 0 saturated carbocycles. The molecule has 110 valence electrons. The molecule has 20 heavy (non-hydrogen) atoms. The highest BCUT2D eigenvalue weighted by atomic mass is 16.4. The summed E-state index contributed by atoms with van der Waals surface area (Å²) >= 11 is 0. The molecule has 7 nitrogen and oxygen atoms in total. The van der Waals surface area contributed by atoms with Gasteiger partial charge in [0, 0.05) is 20.1 Å². The van der Waals surface area contributed by atoms with Gasteiger partial charge in [0.25, 0.3) is 0 Å². The fourth-order valence-electron chi connectivity index (χ4n) is 1.66. The van der Waals surface area contributed by atoms with E-state index in [0.717, 1.165) is 5.82 Å². The molecule has 2 atom stereocenters. The highest BCUT2D eigenvalue weighted by Gasteiger charge is 2.25. The Morgan fingerprint density at radius 1 is 1.35 bits per heavy atom. The SMILES string of the molecule is CC(C(=O)O)C(CC(=O)O)Nc1ccc(N(C)C)nc1. The molecule has 0 aromatic carbocycles. The summed E-state index contributed by atoms with van der Waals surface area (Å²) in [6.07, 6.45) is 1.28. The monoisotopic (exact) mass is 281 g/mol. The van der Waals surface area contributed by atoms with Gasteiger partial charge in [0.1, 0.15) is 5.82 Å². The Morgan fingerprint density at radius 2 is 2.00 bits per heavy atom. The van der Waals surface area contributed by atoms with Gasteiger partial charge in [0.05, 0.1) is 24.2 Å². The largest absolute Gasteiger partial charge is 0.481 e. The van der Waals surface area contributed by atoms with Crippen molar-refractivity contribution in [1.82, 2.24) is 4.98 Å². The molecular formula is C13H19N3O4. The molecule has 2 unspecified atom stereocenters. The Kier molecular flexibility index (Phi) is 5.31. The zero-order chi connectivity index (χ0) is 15.3. The van der Waals surface area contributed by atoms with E-state index in [-0.39, 0.29) is 6.42 Å². The first-order valence-corrected chi connectivity index (χ1v) is 6.15. The van der Waals surface area contributed by atoms with Gasteiger partial charge in [-0.15, -0.1) is 0 Å². The molecule has 0 fully saturated rings. The highest BCUT2D eigenvalue weighted by molar-refractivity contribution is 5.74. The van der Waals surface area contributed by atoms with Crippen LogP contribution in [0.4, 0.5) is 11.5 Å². The minimum Gasteiger partial charge on any atom is -0.481 e. The Hall–Kier alpha value is -2.31. The minimum absolute atomic E-state index is 0.275. The first-order chi connectivity index (χ1) is 9.31. The number of hydrogen-bond acceptors (Lipinski definition) is 5. The van der Waals surface area contributed by atoms with E-state index in [9.17, 15) is 9.59 Å². The molecule has 3 N–H and O–H groups in total. The molecule has 0 bridgehead atoms. The van der Waals surface area contributed by atoms with Crippen LogP contribution in [0.1, 0.15) is 13.3 Å². The van der Waals surface area contributed by atoms with Crippen LogP contribution in [-0.4, -0.2) is 47.3 Å². The molecule has 1 heterocycles. The lowest BCUT2D eigenvalue weighted by Crippen LogP contribution is -2.34. The Bertz CT molecular complexity index is 473. The van der Waals surface area contributed by atoms with Crippen molar-refractivity contribution >= 4 is 23.4 Å². The number of carboxylic acids is 2. The van der Waals surface area contributed by atoms with E-state index >= 15 is 0 Å². The average molecular weight is 281 g/mol. The molecule has 7 heteroatoms. The number of nitrogens with one attached hydrogen (secondary N) is 1. The van der Waals surface area contributed by atoms with Gasteiger partial charge in [-0.25, -0.2) is 4.98 Å². The normalized spacial score (nSPS) is 13.3. The van der Waals surface area contributed by atoms with E-state index in [4.69, 9.17) is 10.2 Å². The van der Waals surface area contributed by atoms with Crippen LogP contribution in [0.15, 0.2) is 18.3 Å². The van der Waals surface area contributed by atoms with Gasteiger partial charge in [-0.1, -0.05) is 0 Å². The van der Waals surface area contributed by atoms with Gasteiger partial charge in [-0.05, 0) is 19.1 Å². The van der Waals surface area contributed by atoms with E-state index in [1.807, 2.05) is 19.0 Å². The van der Waals surface area contributed by atoms with E-state index in [1.165, 1.54) is 6.92 Å². The number of aliphatic carboxylic acids is 2. The molecule has 0 aliphatic rings. The summed E-state index contributed by atoms with van der Waals surface area (Å²) < 4.78 is 0. The molecular weight excluding hydrogens is 262 g/mol. The standard InChI is InChI=1S/C13H19N3O4/c1-8(13(19)20)10(6-12(17)18)15-9-4-5-11(14-7-9)16(2)3/h4-5,7-8,10,15H,6H2,1-3H3,(H,17,18)(H,19,20). The minimum atomic E-state index is -1.05. The summed E-state index contributed by atoms with van der Waals surface area (Å²) in [5.41, 5.74) is 0.593. The topological polar surface area (TPSA) is 103 Å². The highest BCUT2D eigenvalue weighted by Crippen LogP contribution is 2.17. The molecule has 0 aliphatic heterocycles. The molecule has 0 spiro atoms. The molecule has 0 radical (unpaired) electrons. The lowest BCUT2D eigenvalue weighted by Gasteiger charge is -2.22. The van der Waals surface area contributed by atoms with Gasteiger partial charge in [-0.3, -0.25) is 9.59 Å². The van der Waals surface area contributed by atoms with Crippen molar-refractivity contribution in [2.24, 2.45) is 5.92 Å². The lowest BCUT2D eigenvalue weighted by molar-refractivity contribution is -0.142. The van der Waals surface area contributed by atoms with Crippen molar-refractivity contribution in [3.63, 3.8) is 0 Å². The Balaban J connectivity index is 2.83. The van der Waals surface area contributed by atoms with Gasteiger partial charge in [0.15, 0.2) is 0 Å². The zero-order valence-corrected chi connectivity index (χ0v) is 11.7. The number of hydrogen-bond donors (Lipinski definition) is 3. The smallest absolute Gasteiger partial charge is 0.308 e. The van der Waals surface area contributed by atoms with Crippen molar-refractivity contribution in [2.75, 3.05) is 24.3 Å². The number of carbonyl (C=O) groups is 2. The van der Waals surface area contributed by atoms with Crippen LogP contribution in [0.25, 0.3) is 0 Å². The molecule has 0 amide bonds. The fraction of sp³-hybridized carbons (Fsp3) is 0.462. The van der Waals surface area contributed by atoms with Crippen molar-refractivity contribution < 1.29 is 19.8 Å².